The van der Waals surface area contributed by atoms with Crippen molar-refractivity contribution in [3.05, 3.63) is 0 Å². The fraction of sp³-hybridized carbons (Fsp3) is 0.929. The Labute approximate surface area is 104 Å². The van der Waals surface area contributed by atoms with Gasteiger partial charge in [-0.2, -0.15) is 5.26 Å². The number of aliphatic hydroxyl groups excluding tert-OH is 1. The van der Waals surface area contributed by atoms with Crippen molar-refractivity contribution >= 4 is 0 Å². The molecule has 3 nitrogen and oxygen atoms in total. The molecule has 0 spiro atoms. The lowest BCUT2D eigenvalue weighted by atomic mass is 9.96. The van der Waals surface area contributed by atoms with Crippen LogP contribution in [-0.4, -0.2) is 35.7 Å². The summed E-state index contributed by atoms with van der Waals surface area (Å²) in [5.41, 5.74) is 0. The number of rotatable bonds is 4. The van der Waals surface area contributed by atoms with E-state index < -0.39 is 0 Å². The lowest BCUT2D eigenvalue weighted by Gasteiger charge is -2.31. The smallest absolute Gasteiger partial charge is 0.0669 e. The molecule has 0 aromatic rings. The van der Waals surface area contributed by atoms with Gasteiger partial charge in [0.25, 0.3) is 0 Å². The number of nitriles is 1. The van der Waals surface area contributed by atoms with E-state index >= 15 is 0 Å². The van der Waals surface area contributed by atoms with Gasteiger partial charge in [0.05, 0.1) is 12.2 Å². The largest absolute Gasteiger partial charge is 0.392 e. The molecule has 1 unspecified atom stereocenters. The first-order valence-corrected chi connectivity index (χ1v) is 7.08. The molecule has 1 aliphatic heterocycles. The Kier molecular flexibility index (Phi) is 4.82. The summed E-state index contributed by atoms with van der Waals surface area (Å²) in [6.07, 6.45) is 8.12. The van der Waals surface area contributed by atoms with E-state index in [0.29, 0.717) is 0 Å². The van der Waals surface area contributed by atoms with Crippen LogP contribution in [0.2, 0.25) is 0 Å². The van der Waals surface area contributed by atoms with E-state index in [4.69, 9.17) is 5.26 Å². The first-order valence-electron chi connectivity index (χ1n) is 7.08. The Morgan fingerprint density at radius 3 is 2.41 bits per heavy atom. The van der Waals surface area contributed by atoms with Gasteiger partial charge in [-0.05, 0) is 38.3 Å². The lowest BCUT2D eigenvalue weighted by Crippen LogP contribution is -2.39. The highest BCUT2D eigenvalue weighted by atomic mass is 16.3. The summed E-state index contributed by atoms with van der Waals surface area (Å²) < 4.78 is 0. The van der Waals surface area contributed by atoms with Crippen molar-refractivity contribution in [2.75, 3.05) is 19.6 Å². The molecule has 17 heavy (non-hydrogen) atoms. The lowest BCUT2D eigenvalue weighted by molar-refractivity contribution is 0.0776. The minimum absolute atomic E-state index is 0.156. The maximum Gasteiger partial charge on any atom is 0.0669 e. The zero-order valence-corrected chi connectivity index (χ0v) is 10.6. The highest BCUT2D eigenvalue weighted by molar-refractivity contribution is 4.87. The van der Waals surface area contributed by atoms with Gasteiger partial charge in [-0.25, -0.2) is 0 Å². The van der Waals surface area contributed by atoms with Crippen LogP contribution in [0.5, 0.6) is 0 Å². The molecule has 0 bridgehead atoms. The van der Waals surface area contributed by atoms with E-state index in [9.17, 15) is 5.11 Å². The molecule has 0 aromatic carbocycles. The molecule has 0 aromatic heterocycles. The molecule has 1 heterocycles. The molecule has 3 heteroatoms. The summed E-state index contributed by atoms with van der Waals surface area (Å²) in [6.45, 7) is 2.79. The third-order valence-corrected chi connectivity index (χ3v) is 4.32. The van der Waals surface area contributed by atoms with Crippen molar-refractivity contribution in [1.82, 2.24) is 4.90 Å². The summed E-state index contributed by atoms with van der Waals surface area (Å²) in [5.74, 6) is 1.01. The van der Waals surface area contributed by atoms with E-state index in [1.54, 1.807) is 0 Å². The second kappa shape index (κ2) is 6.37. The third kappa shape index (κ3) is 3.97. The minimum atomic E-state index is -0.156. The van der Waals surface area contributed by atoms with Crippen molar-refractivity contribution in [3.63, 3.8) is 0 Å². The van der Waals surface area contributed by atoms with E-state index in [1.807, 2.05) is 0 Å². The van der Waals surface area contributed by atoms with Gasteiger partial charge in [-0.3, -0.25) is 0 Å². The van der Waals surface area contributed by atoms with Crippen LogP contribution < -0.4 is 0 Å². The maximum atomic E-state index is 10.1. The highest BCUT2D eigenvalue weighted by Crippen LogP contribution is 2.29. The summed E-state index contributed by atoms with van der Waals surface area (Å²) >= 11 is 0. The van der Waals surface area contributed by atoms with Crippen LogP contribution in [-0.2, 0) is 0 Å². The number of likely N-dealkylation sites (tertiary alicyclic amines) is 1. The quantitative estimate of drug-likeness (QED) is 0.813. The van der Waals surface area contributed by atoms with Crippen molar-refractivity contribution in [3.8, 4) is 6.07 Å². The summed E-state index contributed by atoms with van der Waals surface area (Å²) in [7, 11) is 0. The Morgan fingerprint density at radius 2 is 1.82 bits per heavy atom. The molecular formula is C14H24N2O. The van der Waals surface area contributed by atoms with Crippen LogP contribution in [0.1, 0.15) is 44.9 Å². The zero-order chi connectivity index (χ0) is 12.1. The van der Waals surface area contributed by atoms with Gasteiger partial charge in [-0.1, -0.05) is 25.7 Å². The molecule has 0 amide bonds. The summed E-state index contributed by atoms with van der Waals surface area (Å²) in [5, 5.41) is 18.9. The third-order valence-electron chi connectivity index (χ3n) is 4.32. The van der Waals surface area contributed by atoms with Crippen LogP contribution in [0, 0.1) is 23.2 Å². The molecule has 1 saturated carbocycles. The van der Waals surface area contributed by atoms with Crippen molar-refractivity contribution in [2.45, 2.75) is 51.0 Å². The molecular weight excluding hydrogens is 212 g/mol. The fourth-order valence-corrected chi connectivity index (χ4v) is 3.25. The summed E-state index contributed by atoms with van der Waals surface area (Å²) in [6, 6.07) is 2.35. The number of piperidine rings is 1. The van der Waals surface area contributed by atoms with Crippen LogP contribution in [0.15, 0.2) is 0 Å². The van der Waals surface area contributed by atoms with Gasteiger partial charge in [0.1, 0.15) is 0 Å². The monoisotopic (exact) mass is 236 g/mol. The van der Waals surface area contributed by atoms with E-state index in [1.165, 1.54) is 25.7 Å². The normalized spacial score (nSPS) is 25.9. The van der Waals surface area contributed by atoms with Crippen LogP contribution in [0.25, 0.3) is 0 Å². The molecule has 1 saturated heterocycles. The van der Waals surface area contributed by atoms with E-state index in [0.717, 1.165) is 44.8 Å². The first kappa shape index (κ1) is 12.9. The Balaban J connectivity index is 1.65. The molecule has 1 atom stereocenters. The van der Waals surface area contributed by atoms with Gasteiger partial charge >= 0.3 is 0 Å². The number of β-amino-alcohol motifs (C(OH)–C–C–N with tert-alkyl or cyclic N) is 1. The molecule has 1 aliphatic carbocycles. The SMILES string of the molecule is N#CC1CCN(CC(O)CC2CCCC2)CC1. The molecule has 2 rings (SSSR count). The van der Waals surface area contributed by atoms with Crippen LogP contribution >= 0.6 is 0 Å². The average Bonchev–Trinajstić information content (AvgIpc) is 2.82. The van der Waals surface area contributed by atoms with E-state index in [-0.39, 0.29) is 12.0 Å². The average molecular weight is 236 g/mol. The van der Waals surface area contributed by atoms with Gasteiger partial charge in [0, 0.05) is 12.5 Å². The Bertz CT molecular complexity index is 260. The number of hydrogen-bond donors (Lipinski definition) is 1. The predicted octanol–water partition coefficient (Wildman–Crippen LogP) is 2.16. The van der Waals surface area contributed by atoms with Crippen molar-refractivity contribution in [2.24, 2.45) is 11.8 Å². The molecule has 2 fully saturated rings. The zero-order valence-electron chi connectivity index (χ0n) is 10.6. The number of aliphatic hydroxyl groups is 1. The van der Waals surface area contributed by atoms with Gasteiger partial charge in [0.2, 0.25) is 0 Å². The van der Waals surface area contributed by atoms with Gasteiger partial charge < -0.3 is 10.0 Å². The number of hydrogen-bond acceptors (Lipinski definition) is 3. The second-order valence-electron chi connectivity index (χ2n) is 5.74. The van der Waals surface area contributed by atoms with Gasteiger partial charge in [-0.15, -0.1) is 0 Å². The molecule has 0 radical (unpaired) electrons. The predicted molar refractivity (Wildman–Crippen MR) is 67.4 cm³/mol. The Hall–Kier alpha value is -0.590. The summed E-state index contributed by atoms with van der Waals surface area (Å²) in [4.78, 5) is 2.33. The van der Waals surface area contributed by atoms with Crippen molar-refractivity contribution < 1.29 is 5.11 Å². The van der Waals surface area contributed by atoms with Crippen LogP contribution in [0.3, 0.4) is 0 Å². The minimum Gasteiger partial charge on any atom is -0.392 e. The number of nitrogens with zero attached hydrogens (tertiary/aromatic N) is 2. The molecule has 96 valence electrons. The first-order chi connectivity index (χ1) is 8.28. The molecule has 2 aliphatic rings. The van der Waals surface area contributed by atoms with Crippen LogP contribution in [0.4, 0.5) is 0 Å². The standard InChI is InChI=1S/C14H24N2O/c15-10-13-5-7-16(8-6-13)11-14(17)9-12-3-1-2-4-12/h12-14,17H,1-9,11H2. The maximum absolute atomic E-state index is 10.1. The second-order valence-corrected chi connectivity index (χ2v) is 5.74. The molecule has 1 N–H and O–H groups in total. The topological polar surface area (TPSA) is 47.3 Å². The van der Waals surface area contributed by atoms with Crippen molar-refractivity contribution in [1.29, 1.82) is 5.26 Å². The highest BCUT2D eigenvalue weighted by Gasteiger charge is 2.23. The fourth-order valence-electron chi connectivity index (χ4n) is 3.25. The van der Waals surface area contributed by atoms with Gasteiger partial charge in [0.15, 0.2) is 0 Å². The Morgan fingerprint density at radius 1 is 1.18 bits per heavy atom. The van der Waals surface area contributed by atoms with E-state index in [2.05, 4.69) is 11.0 Å².